The summed E-state index contributed by atoms with van der Waals surface area (Å²) in [4.78, 5) is 36.8. The fourth-order valence-corrected chi connectivity index (χ4v) is 3.72. The van der Waals surface area contributed by atoms with Gasteiger partial charge < -0.3 is 16.0 Å². The van der Waals surface area contributed by atoms with Gasteiger partial charge in [-0.3, -0.25) is 14.4 Å². The first-order valence-corrected chi connectivity index (χ1v) is 10.5. The van der Waals surface area contributed by atoms with Crippen LogP contribution in [0.5, 0.6) is 0 Å². The van der Waals surface area contributed by atoms with Crippen molar-refractivity contribution in [3.63, 3.8) is 0 Å². The Bertz CT molecular complexity index is 990. The van der Waals surface area contributed by atoms with Crippen molar-refractivity contribution >= 4 is 29.1 Å². The van der Waals surface area contributed by atoms with Crippen LogP contribution in [0.2, 0.25) is 0 Å². The van der Waals surface area contributed by atoms with E-state index < -0.39 is 0 Å². The van der Waals surface area contributed by atoms with Crippen LogP contribution in [0.25, 0.3) is 0 Å². The van der Waals surface area contributed by atoms with Crippen molar-refractivity contribution in [1.29, 1.82) is 5.26 Å². The molecule has 0 aliphatic heterocycles. The lowest BCUT2D eigenvalue weighted by atomic mass is 9.87. The molecule has 160 valence electrons. The molecule has 2 aromatic carbocycles. The predicted molar refractivity (Wildman–Crippen MR) is 118 cm³/mol. The second kappa shape index (κ2) is 10.9. The highest BCUT2D eigenvalue weighted by atomic mass is 16.2. The number of nitriles is 1. The highest BCUT2D eigenvalue weighted by Gasteiger charge is 2.17. The Balaban J connectivity index is 1.49. The van der Waals surface area contributed by atoms with Crippen LogP contribution in [0, 0.1) is 17.2 Å². The van der Waals surface area contributed by atoms with Crippen LogP contribution in [0.1, 0.15) is 54.4 Å². The molecule has 1 aliphatic carbocycles. The Labute approximate surface area is 181 Å². The number of hydrogen-bond acceptors (Lipinski definition) is 4. The zero-order valence-corrected chi connectivity index (χ0v) is 17.3. The van der Waals surface area contributed by atoms with E-state index in [1.54, 1.807) is 48.5 Å². The van der Waals surface area contributed by atoms with E-state index >= 15 is 0 Å². The Morgan fingerprint density at radius 3 is 2.35 bits per heavy atom. The molecule has 0 bridgehead atoms. The van der Waals surface area contributed by atoms with Crippen LogP contribution < -0.4 is 16.0 Å². The minimum absolute atomic E-state index is 0.102. The fourth-order valence-electron chi connectivity index (χ4n) is 3.72. The highest BCUT2D eigenvalue weighted by Crippen LogP contribution is 2.26. The molecule has 2 aromatic rings. The quantitative estimate of drug-likeness (QED) is 0.634. The molecule has 0 aromatic heterocycles. The van der Waals surface area contributed by atoms with Gasteiger partial charge in [-0.15, -0.1) is 0 Å². The first kappa shape index (κ1) is 22.0. The van der Waals surface area contributed by atoms with Gasteiger partial charge >= 0.3 is 0 Å². The third-order valence-corrected chi connectivity index (χ3v) is 5.30. The summed E-state index contributed by atoms with van der Waals surface area (Å²) in [5, 5.41) is 17.1. The van der Waals surface area contributed by atoms with Gasteiger partial charge in [-0.25, -0.2) is 0 Å². The summed E-state index contributed by atoms with van der Waals surface area (Å²) in [5.41, 5.74) is 1.79. The summed E-state index contributed by atoms with van der Waals surface area (Å²) in [6.07, 6.45) is 6.21. The Hall–Kier alpha value is -3.66. The van der Waals surface area contributed by atoms with Crippen molar-refractivity contribution in [1.82, 2.24) is 5.32 Å². The van der Waals surface area contributed by atoms with Crippen molar-refractivity contribution < 1.29 is 14.4 Å². The van der Waals surface area contributed by atoms with E-state index in [0.717, 1.165) is 12.8 Å². The van der Waals surface area contributed by atoms with Gasteiger partial charge in [-0.05, 0) is 55.2 Å². The first-order chi connectivity index (χ1) is 15.0. The van der Waals surface area contributed by atoms with Crippen LogP contribution in [0.4, 0.5) is 11.4 Å². The van der Waals surface area contributed by atoms with Gasteiger partial charge in [0.25, 0.3) is 5.91 Å². The van der Waals surface area contributed by atoms with Crippen LogP contribution >= 0.6 is 0 Å². The van der Waals surface area contributed by atoms with Gasteiger partial charge in [0.15, 0.2) is 0 Å². The minimum atomic E-state index is -0.355. The molecule has 0 atom stereocenters. The lowest BCUT2D eigenvalue weighted by Gasteiger charge is -2.20. The van der Waals surface area contributed by atoms with Crippen LogP contribution in [-0.4, -0.2) is 24.3 Å². The number of carbonyl (C=O) groups excluding carboxylic acids is 3. The number of hydrogen-bond donors (Lipinski definition) is 3. The molecule has 3 amide bonds. The van der Waals surface area contributed by atoms with Gasteiger partial charge in [0, 0.05) is 23.4 Å². The molecule has 0 heterocycles. The molecule has 0 spiro atoms. The van der Waals surface area contributed by atoms with Gasteiger partial charge in [0.05, 0.1) is 18.2 Å². The van der Waals surface area contributed by atoms with Gasteiger partial charge in [-0.1, -0.05) is 31.4 Å². The number of anilines is 2. The van der Waals surface area contributed by atoms with E-state index in [0.29, 0.717) is 34.8 Å². The zero-order valence-electron chi connectivity index (χ0n) is 17.3. The molecule has 0 saturated heterocycles. The number of nitrogens with one attached hydrogen (secondary N) is 3. The maximum absolute atomic E-state index is 12.5. The molecular weight excluding hydrogens is 392 g/mol. The number of benzene rings is 2. The molecule has 3 rings (SSSR count). The molecule has 1 saturated carbocycles. The maximum atomic E-state index is 12.5. The summed E-state index contributed by atoms with van der Waals surface area (Å²) < 4.78 is 0. The molecular formula is C24H26N4O3. The van der Waals surface area contributed by atoms with E-state index in [2.05, 4.69) is 16.0 Å². The lowest BCUT2D eigenvalue weighted by Crippen LogP contribution is -2.34. The number of amides is 3. The SMILES string of the molecule is N#Cc1cccc(NC(=O)c2cccc(NC(=O)CNC(=O)CC3CCCCC3)c2)c1. The smallest absolute Gasteiger partial charge is 0.255 e. The summed E-state index contributed by atoms with van der Waals surface area (Å²) in [7, 11) is 0. The lowest BCUT2D eigenvalue weighted by molar-refractivity contribution is -0.125. The van der Waals surface area contributed by atoms with E-state index in [1.807, 2.05) is 6.07 Å². The number of nitrogens with zero attached hydrogens (tertiary/aromatic N) is 1. The number of rotatable bonds is 7. The van der Waals surface area contributed by atoms with Crippen molar-refractivity contribution in [2.75, 3.05) is 17.2 Å². The zero-order chi connectivity index (χ0) is 22.1. The fraction of sp³-hybridized carbons (Fsp3) is 0.333. The summed E-state index contributed by atoms with van der Waals surface area (Å²) in [6.45, 7) is -0.108. The van der Waals surface area contributed by atoms with E-state index in [-0.39, 0.29) is 24.3 Å². The Morgan fingerprint density at radius 2 is 1.61 bits per heavy atom. The summed E-state index contributed by atoms with van der Waals surface area (Å²) >= 11 is 0. The molecule has 3 N–H and O–H groups in total. The van der Waals surface area contributed by atoms with E-state index in [1.165, 1.54) is 19.3 Å². The largest absolute Gasteiger partial charge is 0.347 e. The summed E-state index contributed by atoms with van der Waals surface area (Å²) in [5.74, 6) is -0.390. The molecule has 31 heavy (non-hydrogen) atoms. The molecule has 7 heteroatoms. The van der Waals surface area contributed by atoms with Gasteiger partial charge in [-0.2, -0.15) is 5.26 Å². The van der Waals surface area contributed by atoms with Crippen LogP contribution in [0.3, 0.4) is 0 Å². The normalized spacial score (nSPS) is 13.6. The van der Waals surface area contributed by atoms with E-state index in [9.17, 15) is 14.4 Å². The predicted octanol–water partition coefficient (Wildman–Crippen LogP) is 3.84. The van der Waals surface area contributed by atoms with Crippen molar-refractivity contribution in [3.05, 3.63) is 59.7 Å². The van der Waals surface area contributed by atoms with Crippen LogP contribution in [-0.2, 0) is 9.59 Å². The highest BCUT2D eigenvalue weighted by molar-refractivity contribution is 6.05. The Kier molecular flexibility index (Phi) is 7.77. The van der Waals surface area contributed by atoms with Crippen molar-refractivity contribution in [2.24, 2.45) is 5.92 Å². The van der Waals surface area contributed by atoms with E-state index in [4.69, 9.17) is 5.26 Å². The standard InChI is InChI=1S/C24H26N4O3/c25-15-18-8-4-10-20(12-18)28-24(31)19-9-5-11-21(14-19)27-23(30)16-26-22(29)13-17-6-2-1-3-7-17/h4-5,8-12,14,17H,1-3,6-7,13,16H2,(H,26,29)(H,27,30)(H,28,31). The van der Waals surface area contributed by atoms with Crippen LogP contribution in [0.15, 0.2) is 48.5 Å². The second-order valence-corrected chi connectivity index (χ2v) is 7.76. The average Bonchev–Trinajstić information content (AvgIpc) is 2.78. The number of carbonyl (C=O) groups is 3. The molecule has 0 unspecified atom stereocenters. The minimum Gasteiger partial charge on any atom is -0.347 e. The molecule has 1 aliphatic rings. The second-order valence-electron chi connectivity index (χ2n) is 7.76. The Morgan fingerprint density at radius 1 is 0.903 bits per heavy atom. The average molecular weight is 418 g/mol. The monoisotopic (exact) mass is 418 g/mol. The first-order valence-electron chi connectivity index (χ1n) is 10.5. The molecule has 7 nitrogen and oxygen atoms in total. The maximum Gasteiger partial charge on any atom is 0.255 e. The van der Waals surface area contributed by atoms with Crippen molar-refractivity contribution in [2.45, 2.75) is 38.5 Å². The molecule has 1 fully saturated rings. The summed E-state index contributed by atoms with van der Waals surface area (Å²) in [6, 6.07) is 15.2. The molecule has 0 radical (unpaired) electrons. The van der Waals surface area contributed by atoms with Gasteiger partial charge in [0.2, 0.25) is 11.8 Å². The topological polar surface area (TPSA) is 111 Å². The van der Waals surface area contributed by atoms with Gasteiger partial charge in [0.1, 0.15) is 0 Å². The van der Waals surface area contributed by atoms with Crippen molar-refractivity contribution in [3.8, 4) is 6.07 Å². The third-order valence-electron chi connectivity index (χ3n) is 5.30. The third kappa shape index (κ3) is 6.96.